The molecule has 0 amide bonds. The first-order valence-electron chi connectivity index (χ1n) is 8.80. The lowest BCUT2D eigenvalue weighted by Gasteiger charge is -2.40. The summed E-state index contributed by atoms with van der Waals surface area (Å²) in [6.45, 7) is 9.20. The van der Waals surface area contributed by atoms with Crippen LogP contribution in [-0.4, -0.2) is 13.2 Å². The van der Waals surface area contributed by atoms with Gasteiger partial charge in [-0.15, -0.1) is 0 Å². The Morgan fingerprint density at radius 1 is 0.842 bits per heavy atom. The van der Waals surface area contributed by atoms with Crippen molar-refractivity contribution in [3.8, 4) is 0 Å². The molecule has 0 aromatic rings. The summed E-state index contributed by atoms with van der Waals surface area (Å²) in [6, 6.07) is 0. The molecule has 1 heteroatoms. The molecule has 0 N–H and O–H groups in total. The zero-order valence-electron chi connectivity index (χ0n) is 13.7. The minimum Gasteiger partial charge on any atom is -0.381 e. The second-order valence-corrected chi connectivity index (χ2v) is 6.81. The van der Waals surface area contributed by atoms with Crippen LogP contribution in [0.3, 0.4) is 0 Å². The summed E-state index contributed by atoms with van der Waals surface area (Å²) in [6.07, 6.45) is 15.3. The molecule has 1 unspecified atom stereocenters. The van der Waals surface area contributed by atoms with Crippen molar-refractivity contribution in [1.29, 1.82) is 0 Å². The second-order valence-electron chi connectivity index (χ2n) is 6.81. The Bertz CT molecular complexity index is 208. The third-order valence-corrected chi connectivity index (χ3v) is 5.16. The summed E-state index contributed by atoms with van der Waals surface area (Å²) in [5.74, 6) is 0.916. The third-order valence-electron chi connectivity index (χ3n) is 5.16. The smallest absolute Gasteiger partial charge is 0.0468 e. The normalized spacial score (nSPS) is 20.4. The SMILES string of the molecule is CCCCCCCC(C)(CCCC)C1CCOCC1. The van der Waals surface area contributed by atoms with E-state index in [9.17, 15) is 0 Å². The Labute approximate surface area is 121 Å². The minimum absolute atomic E-state index is 0.589. The van der Waals surface area contributed by atoms with Crippen molar-refractivity contribution in [2.24, 2.45) is 11.3 Å². The fraction of sp³-hybridized carbons (Fsp3) is 1.00. The van der Waals surface area contributed by atoms with Crippen LogP contribution in [0.25, 0.3) is 0 Å². The van der Waals surface area contributed by atoms with Crippen LogP contribution in [-0.2, 0) is 4.74 Å². The zero-order valence-corrected chi connectivity index (χ0v) is 13.7. The Morgan fingerprint density at radius 2 is 1.42 bits per heavy atom. The van der Waals surface area contributed by atoms with Gasteiger partial charge in [-0.2, -0.15) is 0 Å². The van der Waals surface area contributed by atoms with Gasteiger partial charge in [0.2, 0.25) is 0 Å². The summed E-state index contributed by atoms with van der Waals surface area (Å²) in [4.78, 5) is 0. The highest BCUT2D eigenvalue weighted by molar-refractivity contribution is 4.84. The number of hydrogen-bond acceptors (Lipinski definition) is 1. The van der Waals surface area contributed by atoms with Crippen molar-refractivity contribution in [2.45, 2.75) is 91.4 Å². The number of unbranched alkanes of at least 4 members (excludes halogenated alkanes) is 5. The van der Waals surface area contributed by atoms with Crippen LogP contribution in [0.1, 0.15) is 91.4 Å². The lowest BCUT2D eigenvalue weighted by Crippen LogP contribution is -2.32. The van der Waals surface area contributed by atoms with Gasteiger partial charge >= 0.3 is 0 Å². The van der Waals surface area contributed by atoms with Crippen LogP contribution in [0.4, 0.5) is 0 Å². The largest absolute Gasteiger partial charge is 0.381 e. The molecule has 1 rings (SSSR count). The molecule has 0 aromatic heterocycles. The molecule has 1 fully saturated rings. The minimum atomic E-state index is 0.589. The summed E-state index contributed by atoms with van der Waals surface area (Å²) in [5, 5.41) is 0. The van der Waals surface area contributed by atoms with E-state index in [1.54, 1.807) is 0 Å². The monoisotopic (exact) mass is 268 g/mol. The average molecular weight is 268 g/mol. The predicted octanol–water partition coefficient (Wildman–Crippen LogP) is 5.97. The molecule has 1 aliphatic rings. The van der Waals surface area contributed by atoms with Gasteiger partial charge in [0.25, 0.3) is 0 Å². The van der Waals surface area contributed by atoms with Crippen LogP contribution >= 0.6 is 0 Å². The van der Waals surface area contributed by atoms with E-state index in [1.807, 2.05) is 0 Å². The number of rotatable bonds is 10. The van der Waals surface area contributed by atoms with Gasteiger partial charge in [0.1, 0.15) is 0 Å². The third kappa shape index (κ3) is 6.29. The molecular formula is C18H36O. The maximum Gasteiger partial charge on any atom is 0.0468 e. The topological polar surface area (TPSA) is 9.23 Å². The first-order valence-corrected chi connectivity index (χ1v) is 8.80. The van der Waals surface area contributed by atoms with Crippen molar-refractivity contribution in [1.82, 2.24) is 0 Å². The molecule has 0 saturated carbocycles. The Morgan fingerprint density at radius 3 is 2.05 bits per heavy atom. The van der Waals surface area contributed by atoms with Gasteiger partial charge in [0.05, 0.1) is 0 Å². The molecule has 0 spiro atoms. The molecule has 0 radical (unpaired) electrons. The molecule has 1 saturated heterocycles. The van der Waals surface area contributed by atoms with Gasteiger partial charge in [-0.3, -0.25) is 0 Å². The lowest BCUT2D eigenvalue weighted by atomic mass is 9.67. The molecule has 0 bridgehead atoms. The van der Waals surface area contributed by atoms with E-state index in [2.05, 4.69) is 20.8 Å². The van der Waals surface area contributed by atoms with Gasteiger partial charge < -0.3 is 4.74 Å². The van der Waals surface area contributed by atoms with E-state index in [1.165, 1.54) is 70.6 Å². The molecule has 1 atom stereocenters. The maximum atomic E-state index is 5.56. The van der Waals surface area contributed by atoms with Crippen LogP contribution in [0.5, 0.6) is 0 Å². The number of hydrogen-bond donors (Lipinski definition) is 0. The van der Waals surface area contributed by atoms with E-state index >= 15 is 0 Å². The quantitative estimate of drug-likeness (QED) is 0.443. The van der Waals surface area contributed by atoms with Gasteiger partial charge in [-0.1, -0.05) is 65.7 Å². The molecule has 19 heavy (non-hydrogen) atoms. The van der Waals surface area contributed by atoms with Crippen molar-refractivity contribution in [3.05, 3.63) is 0 Å². The van der Waals surface area contributed by atoms with Crippen LogP contribution in [0.15, 0.2) is 0 Å². The fourth-order valence-electron chi connectivity index (χ4n) is 3.64. The molecule has 114 valence electrons. The molecular weight excluding hydrogens is 232 g/mol. The average Bonchev–Trinajstić information content (AvgIpc) is 2.46. The first-order chi connectivity index (χ1) is 9.23. The zero-order chi connectivity index (χ0) is 14.0. The van der Waals surface area contributed by atoms with Crippen molar-refractivity contribution < 1.29 is 4.74 Å². The highest BCUT2D eigenvalue weighted by Gasteiger charge is 2.33. The second kappa shape index (κ2) is 9.80. The Balaban J connectivity index is 2.39. The highest BCUT2D eigenvalue weighted by atomic mass is 16.5. The van der Waals surface area contributed by atoms with Gasteiger partial charge in [-0.25, -0.2) is 0 Å². The van der Waals surface area contributed by atoms with E-state index < -0.39 is 0 Å². The summed E-state index contributed by atoms with van der Waals surface area (Å²) >= 11 is 0. The van der Waals surface area contributed by atoms with E-state index in [0.29, 0.717) is 5.41 Å². The van der Waals surface area contributed by atoms with Crippen LogP contribution in [0.2, 0.25) is 0 Å². The van der Waals surface area contributed by atoms with Crippen molar-refractivity contribution in [2.75, 3.05) is 13.2 Å². The summed E-state index contributed by atoms with van der Waals surface area (Å²) < 4.78 is 5.56. The van der Waals surface area contributed by atoms with Crippen molar-refractivity contribution in [3.63, 3.8) is 0 Å². The molecule has 1 nitrogen and oxygen atoms in total. The Kier molecular flexibility index (Phi) is 8.77. The van der Waals surface area contributed by atoms with Crippen molar-refractivity contribution >= 4 is 0 Å². The van der Waals surface area contributed by atoms with E-state index in [4.69, 9.17) is 4.74 Å². The molecule has 0 aliphatic carbocycles. The Hall–Kier alpha value is -0.0400. The van der Waals surface area contributed by atoms with Crippen LogP contribution in [0, 0.1) is 11.3 Å². The van der Waals surface area contributed by atoms with E-state index in [0.717, 1.165) is 19.1 Å². The van der Waals surface area contributed by atoms with Crippen LogP contribution < -0.4 is 0 Å². The van der Waals surface area contributed by atoms with Gasteiger partial charge in [-0.05, 0) is 37.0 Å². The highest BCUT2D eigenvalue weighted by Crippen LogP contribution is 2.43. The van der Waals surface area contributed by atoms with E-state index in [-0.39, 0.29) is 0 Å². The molecule has 1 heterocycles. The van der Waals surface area contributed by atoms with Gasteiger partial charge in [0.15, 0.2) is 0 Å². The summed E-state index contributed by atoms with van der Waals surface area (Å²) in [7, 11) is 0. The molecule has 0 aromatic carbocycles. The summed E-state index contributed by atoms with van der Waals surface area (Å²) in [5.41, 5.74) is 0.589. The lowest BCUT2D eigenvalue weighted by molar-refractivity contribution is 0.00719. The fourth-order valence-corrected chi connectivity index (χ4v) is 3.64. The maximum absolute atomic E-state index is 5.56. The standard InChI is InChI=1S/C18H36O/c1-4-6-8-9-10-14-18(3,13-7-5-2)17-11-15-19-16-12-17/h17H,4-16H2,1-3H3. The first kappa shape index (κ1) is 17.0. The predicted molar refractivity (Wildman–Crippen MR) is 84.6 cm³/mol. The number of ether oxygens (including phenoxy) is 1. The molecule has 1 aliphatic heterocycles. The van der Waals surface area contributed by atoms with Gasteiger partial charge in [0, 0.05) is 13.2 Å².